The number of ether oxygens (including phenoxy) is 1. The average Bonchev–Trinajstić information content (AvgIpc) is 2.44. The summed E-state index contributed by atoms with van der Waals surface area (Å²) in [5.41, 5.74) is 2.37. The van der Waals surface area contributed by atoms with Crippen molar-refractivity contribution >= 4 is 27.5 Å². The molecule has 20 heavy (non-hydrogen) atoms. The Balaban J connectivity index is 2.89. The van der Waals surface area contributed by atoms with Crippen LogP contribution in [0.15, 0.2) is 52.9 Å². The van der Waals surface area contributed by atoms with Crippen LogP contribution in [-0.4, -0.2) is 11.7 Å². The SMILES string of the molecule is CCOC(=C/C=C\O)/C(Br)=C/Cc1cc(Cl)ccc1C. The van der Waals surface area contributed by atoms with Gasteiger partial charge in [-0.3, -0.25) is 0 Å². The lowest BCUT2D eigenvalue weighted by atomic mass is 10.1. The summed E-state index contributed by atoms with van der Waals surface area (Å²) in [6.45, 7) is 4.53. The molecule has 0 fully saturated rings. The Labute approximate surface area is 133 Å². The van der Waals surface area contributed by atoms with Crippen molar-refractivity contribution in [3.8, 4) is 0 Å². The average molecular weight is 358 g/mol. The molecule has 1 aromatic carbocycles. The third-order valence-electron chi connectivity index (χ3n) is 2.68. The van der Waals surface area contributed by atoms with Gasteiger partial charge in [-0.05, 0) is 71.6 Å². The molecule has 0 amide bonds. The zero-order valence-corrected chi connectivity index (χ0v) is 13.9. The molecule has 1 N–H and O–H groups in total. The lowest BCUT2D eigenvalue weighted by Gasteiger charge is -2.08. The zero-order chi connectivity index (χ0) is 15.0. The Morgan fingerprint density at radius 1 is 1.45 bits per heavy atom. The van der Waals surface area contributed by atoms with Gasteiger partial charge in [0.05, 0.1) is 17.4 Å². The highest BCUT2D eigenvalue weighted by atomic mass is 79.9. The van der Waals surface area contributed by atoms with Crippen LogP contribution in [0, 0.1) is 6.92 Å². The fourth-order valence-electron chi connectivity index (χ4n) is 1.64. The van der Waals surface area contributed by atoms with E-state index in [4.69, 9.17) is 21.4 Å². The van der Waals surface area contributed by atoms with E-state index in [9.17, 15) is 0 Å². The summed E-state index contributed by atoms with van der Waals surface area (Å²) in [5.74, 6) is 0.678. The van der Waals surface area contributed by atoms with Crippen molar-refractivity contribution in [2.75, 3.05) is 6.61 Å². The molecule has 0 aromatic heterocycles. The molecule has 108 valence electrons. The van der Waals surface area contributed by atoms with Crippen LogP contribution < -0.4 is 0 Å². The first-order valence-corrected chi connectivity index (χ1v) is 7.50. The quantitative estimate of drug-likeness (QED) is 0.541. The number of aliphatic hydroxyl groups is 1. The summed E-state index contributed by atoms with van der Waals surface area (Å²) < 4.78 is 6.35. The lowest BCUT2D eigenvalue weighted by molar-refractivity contribution is 0.241. The van der Waals surface area contributed by atoms with Crippen LogP contribution in [0.3, 0.4) is 0 Å². The van der Waals surface area contributed by atoms with E-state index in [0.29, 0.717) is 12.4 Å². The number of halogens is 2. The first-order valence-electron chi connectivity index (χ1n) is 6.33. The minimum Gasteiger partial charge on any atom is -0.516 e. The third kappa shape index (κ3) is 5.43. The van der Waals surface area contributed by atoms with Gasteiger partial charge in [-0.15, -0.1) is 0 Å². The lowest BCUT2D eigenvalue weighted by Crippen LogP contribution is -1.93. The Hall–Kier alpha value is -1.19. The molecule has 0 radical (unpaired) electrons. The predicted molar refractivity (Wildman–Crippen MR) is 88.4 cm³/mol. The summed E-state index contributed by atoms with van der Waals surface area (Å²) in [4.78, 5) is 0. The second kappa shape index (κ2) is 8.88. The summed E-state index contributed by atoms with van der Waals surface area (Å²) in [6.07, 6.45) is 6.96. The van der Waals surface area contributed by atoms with Crippen molar-refractivity contribution < 1.29 is 9.84 Å². The van der Waals surface area contributed by atoms with Crippen molar-refractivity contribution in [3.63, 3.8) is 0 Å². The minimum absolute atomic E-state index is 0.560. The van der Waals surface area contributed by atoms with Crippen molar-refractivity contribution in [1.82, 2.24) is 0 Å². The predicted octanol–water partition coefficient (Wildman–Crippen LogP) is 5.46. The van der Waals surface area contributed by atoms with E-state index in [2.05, 4.69) is 22.9 Å². The van der Waals surface area contributed by atoms with Crippen molar-refractivity contribution in [1.29, 1.82) is 0 Å². The highest BCUT2D eigenvalue weighted by molar-refractivity contribution is 9.11. The Bertz CT molecular complexity index is 533. The van der Waals surface area contributed by atoms with Crippen molar-refractivity contribution in [2.24, 2.45) is 0 Å². The molecule has 0 unspecified atom stereocenters. The second-order valence-electron chi connectivity index (χ2n) is 4.13. The van der Waals surface area contributed by atoms with Gasteiger partial charge in [0.1, 0.15) is 5.76 Å². The molecule has 2 nitrogen and oxygen atoms in total. The number of benzene rings is 1. The summed E-state index contributed by atoms with van der Waals surface area (Å²) in [6, 6.07) is 5.86. The molecule has 1 rings (SSSR count). The van der Waals surface area contributed by atoms with Gasteiger partial charge in [-0.1, -0.05) is 23.7 Å². The van der Waals surface area contributed by atoms with Gasteiger partial charge < -0.3 is 9.84 Å². The van der Waals surface area contributed by atoms with E-state index in [1.54, 1.807) is 6.08 Å². The summed E-state index contributed by atoms with van der Waals surface area (Å²) in [5, 5.41) is 9.44. The standard InChI is InChI=1S/C16H18BrClO2/c1-3-20-16(5-4-10-19)15(17)9-7-13-11-14(18)8-6-12(13)2/h4-6,8-11,19H,3,7H2,1-2H3/b10-4-,15-9-,16-5+. The minimum atomic E-state index is 0.560. The van der Waals surface area contributed by atoms with E-state index in [1.165, 1.54) is 17.2 Å². The van der Waals surface area contributed by atoms with Gasteiger partial charge in [0.25, 0.3) is 0 Å². The van der Waals surface area contributed by atoms with Crippen LogP contribution in [0.2, 0.25) is 5.02 Å². The highest BCUT2D eigenvalue weighted by Crippen LogP contribution is 2.22. The Morgan fingerprint density at radius 3 is 2.85 bits per heavy atom. The van der Waals surface area contributed by atoms with Crippen LogP contribution in [0.1, 0.15) is 18.1 Å². The number of rotatable bonds is 6. The molecule has 0 spiro atoms. The molecular weight excluding hydrogens is 340 g/mol. The monoisotopic (exact) mass is 356 g/mol. The third-order valence-corrected chi connectivity index (χ3v) is 3.63. The highest BCUT2D eigenvalue weighted by Gasteiger charge is 2.03. The van der Waals surface area contributed by atoms with Crippen molar-refractivity contribution in [2.45, 2.75) is 20.3 Å². The molecule has 0 saturated carbocycles. The van der Waals surface area contributed by atoms with Gasteiger partial charge in [0.15, 0.2) is 0 Å². The molecular formula is C16H18BrClO2. The van der Waals surface area contributed by atoms with Gasteiger partial charge in [0, 0.05) is 5.02 Å². The van der Waals surface area contributed by atoms with Crippen LogP contribution in [-0.2, 0) is 11.2 Å². The topological polar surface area (TPSA) is 29.5 Å². The molecule has 0 atom stereocenters. The largest absolute Gasteiger partial charge is 0.516 e. The first kappa shape index (κ1) is 16.9. The molecule has 0 aliphatic rings. The van der Waals surface area contributed by atoms with Crippen LogP contribution >= 0.6 is 27.5 Å². The van der Waals surface area contributed by atoms with Gasteiger partial charge >= 0.3 is 0 Å². The Kier molecular flexibility index (Phi) is 7.48. The molecule has 0 heterocycles. The number of hydrogen-bond acceptors (Lipinski definition) is 2. The number of aryl methyl sites for hydroxylation is 1. The molecule has 0 saturated heterocycles. The zero-order valence-electron chi connectivity index (χ0n) is 11.6. The molecule has 1 aromatic rings. The Morgan fingerprint density at radius 2 is 2.20 bits per heavy atom. The fourth-order valence-corrected chi connectivity index (χ4v) is 2.25. The van der Waals surface area contributed by atoms with E-state index in [-0.39, 0.29) is 0 Å². The van der Waals surface area contributed by atoms with Gasteiger partial charge in [-0.25, -0.2) is 0 Å². The maximum atomic E-state index is 8.71. The van der Waals surface area contributed by atoms with E-state index < -0.39 is 0 Å². The van der Waals surface area contributed by atoms with Crippen LogP contribution in [0.25, 0.3) is 0 Å². The maximum absolute atomic E-state index is 8.71. The second-order valence-corrected chi connectivity index (χ2v) is 5.42. The van der Waals surface area contributed by atoms with E-state index in [1.807, 2.05) is 31.2 Å². The first-order chi connectivity index (χ1) is 9.58. The summed E-state index contributed by atoms with van der Waals surface area (Å²) >= 11 is 9.50. The molecule has 0 bridgehead atoms. The van der Waals surface area contributed by atoms with Gasteiger partial charge in [0.2, 0.25) is 0 Å². The fraction of sp³-hybridized carbons (Fsp3) is 0.250. The smallest absolute Gasteiger partial charge is 0.133 e. The summed E-state index contributed by atoms with van der Waals surface area (Å²) in [7, 11) is 0. The van der Waals surface area contributed by atoms with Gasteiger partial charge in [-0.2, -0.15) is 0 Å². The normalized spacial score (nSPS) is 13.0. The van der Waals surface area contributed by atoms with Crippen molar-refractivity contribution in [3.05, 3.63) is 69.1 Å². The van der Waals surface area contributed by atoms with Crippen LogP contribution in [0.5, 0.6) is 0 Å². The molecule has 0 aliphatic carbocycles. The number of allylic oxidation sites excluding steroid dienone is 4. The van der Waals surface area contributed by atoms with E-state index >= 15 is 0 Å². The van der Waals surface area contributed by atoms with E-state index in [0.717, 1.165) is 22.2 Å². The van der Waals surface area contributed by atoms with Crippen LogP contribution in [0.4, 0.5) is 0 Å². The maximum Gasteiger partial charge on any atom is 0.133 e. The molecule has 4 heteroatoms. The number of aliphatic hydroxyl groups excluding tert-OH is 1. The molecule has 0 aliphatic heterocycles. The number of hydrogen-bond donors (Lipinski definition) is 1.